The maximum Gasteiger partial charge on any atom is 0.275 e. The van der Waals surface area contributed by atoms with Gasteiger partial charge >= 0.3 is 0 Å². The van der Waals surface area contributed by atoms with Gasteiger partial charge in [-0.1, -0.05) is 18.7 Å². The van der Waals surface area contributed by atoms with Gasteiger partial charge in [0, 0.05) is 7.05 Å². The molecule has 1 heterocycles. The van der Waals surface area contributed by atoms with E-state index >= 15 is 0 Å². The van der Waals surface area contributed by atoms with E-state index in [9.17, 15) is 4.79 Å². The second-order valence-electron chi connectivity index (χ2n) is 3.73. The van der Waals surface area contributed by atoms with Gasteiger partial charge in [-0.05, 0) is 23.8 Å². The van der Waals surface area contributed by atoms with Crippen LogP contribution in [-0.4, -0.2) is 9.55 Å². The molecule has 2 rings (SSSR count). The first-order chi connectivity index (χ1) is 8.11. The number of aromatic nitrogens is 2. The molecule has 4 nitrogen and oxygen atoms in total. The molecule has 0 aliphatic rings. The molecule has 0 aliphatic carbocycles. The zero-order valence-electron chi connectivity index (χ0n) is 9.40. The number of hydrogen-bond acceptors (Lipinski definition) is 2. The highest BCUT2D eigenvalue weighted by Gasteiger charge is 1.97. The van der Waals surface area contributed by atoms with Crippen LogP contribution in [0.4, 0.5) is 0 Å². The number of aromatic amines is 1. The van der Waals surface area contributed by atoms with Crippen LogP contribution in [0.3, 0.4) is 0 Å². The van der Waals surface area contributed by atoms with E-state index in [1.54, 1.807) is 37.4 Å². The molecule has 84 valence electrons. The van der Waals surface area contributed by atoms with Crippen molar-refractivity contribution in [2.24, 2.45) is 7.05 Å². The summed E-state index contributed by atoms with van der Waals surface area (Å²) in [5.74, 6) is 0. The number of hydrogen-bond donors (Lipinski definition) is 1. The van der Waals surface area contributed by atoms with Crippen LogP contribution in [0.15, 0.2) is 29.1 Å². The van der Waals surface area contributed by atoms with Gasteiger partial charge in [-0.2, -0.15) is 5.26 Å². The Hall–Kier alpha value is -2.54. The summed E-state index contributed by atoms with van der Waals surface area (Å²) in [6.07, 6.45) is 1.73. The predicted molar refractivity (Wildman–Crippen MR) is 65.5 cm³/mol. The van der Waals surface area contributed by atoms with E-state index in [0.717, 1.165) is 5.56 Å². The van der Waals surface area contributed by atoms with Crippen molar-refractivity contribution in [3.05, 3.63) is 56.6 Å². The van der Waals surface area contributed by atoms with E-state index in [-0.39, 0.29) is 5.56 Å². The lowest BCUT2D eigenvalue weighted by Crippen LogP contribution is -2.28. The third-order valence-electron chi connectivity index (χ3n) is 2.57. The summed E-state index contributed by atoms with van der Waals surface area (Å²) in [7, 11) is 1.66. The number of nitrogens with one attached hydrogen (secondary N) is 1. The van der Waals surface area contributed by atoms with Crippen molar-refractivity contribution in [3.63, 3.8) is 0 Å². The smallest absolute Gasteiger partial charge is 0.275 e. The second-order valence-corrected chi connectivity index (χ2v) is 3.73. The highest BCUT2D eigenvalue weighted by molar-refractivity contribution is 5.49. The highest BCUT2D eigenvalue weighted by Crippen LogP contribution is 2.02. The van der Waals surface area contributed by atoms with Crippen LogP contribution in [0.5, 0.6) is 0 Å². The molecule has 1 aromatic carbocycles. The number of nitrogens with zero attached hydrogens (tertiary/aromatic N) is 2. The van der Waals surface area contributed by atoms with Crippen LogP contribution in [0, 0.1) is 11.3 Å². The van der Waals surface area contributed by atoms with E-state index in [1.165, 1.54) is 4.57 Å². The maximum absolute atomic E-state index is 11.7. The normalized spacial score (nSPS) is 11.4. The van der Waals surface area contributed by atoms with Gasteiger partial charge in [0.25, 0.3) is 5.56 Å². The second kappa shape index (κ2) is 4.14. The summed E-state index contributed by atoms with van der Waals surface area (Å²) < 4.78 is 1.45. The zero-order valence-corrected chi connectivity index (χ0v) is 9.40. The molecule has 4 heteroatoms. The molecule has 0 fully saturated rings. The molecule has 0 saturated heterocycles. The van der Waals surface area contributed by atoms with Crippen molar-refractivity contribution >= 4 is 12.7 Å². The summed E-state index contributed by atoms with van der Waals surface area (Å²) in [4.78, 5) is 14.6. The minimum Gasteiger partial charge on any atom is -0.338 e. The highest BCUT2D eigenvalue weighted by atomic mass is 16.1. The first-order valence-electron chi connectivity index (χ1n) is 5.07. The van der Waals surface area contributed by atoms with E-state index in [0.29, 0.717) is 16.4 Å². The molecular formula is C13H11N3O. The molecule has 1 N–H and O–H groups in total. The van der Waals surface area contributed by atoms with E-state index < -0.39 is 0 Å². The summed E-state index contributed by atoms with van der Waals surface area (Å²) in [6.45, 7) is 3.71. The number of benzene rings is 1. The summed E-state index contributed by atoms with van der Waals surface area (Å²) >= 11 is 0. The number of imidazole rings is 1. The van der Waals surface area contributed by atoms with Crippen LogP contribution in [-0.2, 0) is 7.05 Å². The van der Waals surface area contributed by atoms with Gasteiger partial charge in [0.05, 0.1) is 11.6 Å². The molecule has 17 heavy (non-hydrogen) atoms. The minimum absolute atomic E-state index is 0.112. The fourth-order valence-corrected chi connectivity index (χ4v) is 1.51. The van der Waals surface area contributed by atoms with Gasteiger partial charge in [-0.3, -0.25) is 9.36 Å². The Morgan fingerprint density at radius 3 is 2.53 bits per heavy atom. The maximum atomic E-state index is 11.7. The zero-order chi connectivity index (χ0) is 12.4. The predicted octanol–water partition coefficient (Wildman–Crippen LogP) is -0.176. The summed E-state index contributed by atoms with van der Waals surface area (Å²) in [5.41, 5.74) is 1.91. The average Bonchev–Trinajstić information content (AvgIpc) is 2.58. The third-order valence-corrected chi connectivity index (χ3v) is 2.57. The van der Waals surface area contributed by atoms with Crippen LogP contribution in [0.25, 0.3) is 12.7 Å². The van der Waals surface area contributed by atoms with Gasteiger partial charge in [0.1, 0.15) is 10.8 Å². The number of rotatable bonds is 1. The van der Waals surface area contributed by atoms with E-state index in [4.69, 9.17) is 5.26 Å². The monoisotopic (exact) mass is 225 g/mol. The molecule has 0 bridgehead atoms. The number of H-pyrrole nitrogens is 1. The summed E-state index contributed by atoms with van der Waals surface area (Å²) in [5, 5.41) is 9.16. The van der Waals surface area contributed by atoms with E-state index in [1.807, 2.05) is 6.07 Å². The topological polar surface area (TPSA) is 61.6 Å². The Balaban J connectivity index is 2.56. The van der Waals surface area contributed by atoms with Crippen LogP contribution in [0.1, 0.15) is 11.1 Å². The molecule has 2 aromatic rings. The largest absolute Gasteiger partial charge is 0.338 e. The van der Waals surface area contributed by atoms with Gasteiger partial charge in [0.15, 0.2) is 0 Å². The third kappa shape index (κ3) is 2.04. The fraction of sp³-hybridized carbons (Fsp3) is 0.0769. The summed E-state index contributed by atoms with van der Waals surface area (Å²) in [6, 6.07) is 9.06. The lowest BCUT2D eigenvalue weighted by molar-refractivity contribution is 0.840. The van der Waals surface area contributed by atoms with Crippen molar-refractivity contribution < 1.29 is 0 Å². The van der Waals surface area contributed by atoms with Crippen molar-refractivity contribution in [1.29, 1.82) is 5.26 Å². The minimum atomic E-state index is -0.112. The Kier molecular flexibility index (Phi) is 2.67. The van der Waals surface area contributed by atoms with Crippen LogP contribution < -0.4 is 16.4 Å². The van der Waals surface area contributed by atoms with Crippen LogP contribution >= 0.6 is 0 Å². The Bertz CT molecular complexity index is 742. The van der Waals surface area contributed by atoms with Crippen molar-refractivity contribution in [2.75, 3.05) is 0 Å². The van der Waals surface area contributed by atoms with E-state index in [2.05, 4.69) is 11.6 Å². The van der Waals surface area contributed by atoms with Gasteiger partial charge in [-0.15, -0.1) is 0 Å². The Labute approximate surface area is 97.8 Å². The molecule has 0 saturated carbocycles. The lowest BCUT2D eigenvalue weighted by Gasteiger charge is -1.91. The molecule has 0 spiro atoms. The van der Waals surface area contributed by atoms with Gasteiger partial charge in [0.2, 0.25) is 0 Å². The van der Waals surface area contributed by atoms with Gasteiger partial charge in [-0.25, -0.2) is 0 Å². The Morgan fingerprint density at radius 1 is 1.41 bits per heavy atom. The molecule has 0 radical (unpaired) electrons. The lowest BCUT2D eigenvalue weighted by atomic mass is 10.1. The van der Waals surface area contributed by atoms with Crippen molar-refractivity contribution in [1.82, 2.24) is 9.55 Å². The fourth-order valence-electron chi connectivity index (χ4n) is 1.51. The average molecular weight is 225 g/mol. The Morgan fingerprint density at radius 2 is 2.06 bits per heavy atom. The molecule has 0 aliphatic heterocycles. The quantitative estimate of drug-likeness (QED) is 0.732. The standard InChI is InChI=1S/C13H11N3O/c1-9-15-12(13(17)16(9)2)7-10-3-5-11(8-14)6-4-10/h3-7,15H,1H2,2H3/b12-7-. The van der Waals surface area contributed by atoms with Crippen LogP contribution in [0.2, 0.25) is 0 Å². The molecule has 0 amide bonds. The molecule has 0 atom stereocenters. The molecule has 1 aromatic heterocycles. The number of nitriles is 1. The molecular weight excluding hydrogens is 214 g/mol. The molecule has 0 unspecified atom stereocenters. The van der Waals surface area contributed by atoms with Crippen molar-refractivity contribution in [2.45, 2.75) is 0 Å². The first-order valence-corrected chi connectivity index (χ1v) is 5.07. The first kappa shape index (κ1) is 11.0. The SMILES string of the molecule is C=c1[nH]/c(=C\c2ccc(C#N)cc2)c(=O)n1C. The van der Waals surface area contributed by atoms with Gasteiger partial charge < -0.3 is 4.98 Å². The van der Waals surface area contributed by atoms with Crippen molar-refractivity contribution in [3.8, 4) is 6.07 Å².